The van der Waals surface area contributed by atoms with Crippen molar-refractivity contribution in [1.82, 2.24) is 0 Å². The van der Waals surface area contributed by atoms with Gasteiger partial charge in [0.05, 0.1) is 5.41 Å². The van der Waals surface area contributed by atoms with E-state index >= 15 is 0 Å². The summed E-state index contributed by atoms with van der Waals surface area (Å²) in [6.45, 7) is 16.0. The van der Waals surface area contributed by atoms with E-state index in [1.807, 2.05) is 0 Å². The maximum atomic E-state index is 2.52. The van der Waals surface area contributed by atoms with Crippen LogP contribution in [0.4, 0.5) is 11.4 Å². The topological polar surface area (TPSA) is 10.1 Å². The third kappa shape index (κ3) is 4.87. The molecule has 0 saturated heterocycles. The van der Waals surface area contributed by atoms with Crippen molar-refractivity contribution in [1.29, 1.82) is 0 Å². The Morgan fingerprint density at radius 3 is 2.20 bits per heavy atom. The van der Waals surface area contributed by atoms with E-state index in [1.54, 1.807) is 0 Å². The first-order valence-corrected chi connectivity index (χ1v) is 14.9. The second kappa shape index (κ2) is 11.0. The highest BCUT2D eigenvalue weighted by atomic mass is 15.2. The van der Waals surface area contributed by atoms with E-state index in [-0.39, 0.29) is 10.8 Å². The van der Waals surface area contributed by atoms with E-state index in [0.29, 0.717) is 0 Å². The number of fused-ring (bicyclic) bond motifs is 2. The Kier molecular flexibility index (Phi) is 7.68. The second-order valence-corrected chi connectivity index (χ2v) is 12.2. The highest BCUT2D eigenvalue weighted by Crippen LogP contribution is 2.47. The molecule has 0 atom stereocenters. The smallest absolute Gasteiger partial charge is 0.209 e. The van der Waals surface area contributed by atoms with E-state index in [4.69, 9.17) is 0 Å². The number of aromatic nitrogens is 1. The number of pyridine rings is 1. The Morgan fingerprint density at radius 2 is 1.50 bits per heavy atom. The molecule has 0 bridgehead atoms. The van der Waals surface area contributed by atoms with Crippen molar-refractivity contribution in [2.45, 2.75) is 65.2 Å². The molecule has 0 fully saturated rings. The Labute approximate surface area is 241 Å². The number of hydrogen-bond acceptors (Lipinski definition) is 1. The molecule has 0 amide bonds. The summed E-state index contributed by atoms with van der Waals surface area (Å²) in [4.78, 5) is 2.52. The quantitative estimate of drug-likeness (QED) is 0.211. The van der Waals surface area contributed by atoms with Gasteiger partial charge in [0, 0.05) is 59.6 Å². The van der Waals surface area contributed by atoms with E-state index in [1.165, 1.54) is 45.0 Å². The largest absolute Gasteiger partial charge is 0.344 e. The average Bonchev–Trinajstić information content (AvgIpc) is 3.29. The van der Waals surface area contributed by atoms with E-state index in [0.717, 1.165) is 25.9 Å². The number of benzene rings is 2. The normalized spacial score (nSPS) is 18.6. The van der Waals surface area contributed by atoms with Crippen LogP contribution in [-0.2, 0) is 17.9 Å². The fourth-order valence-corrected chi connectivity index (χ4v) is 6.49. The van der Waals surface area contributed by atoms with Crippen LogP contribution in [-0.4, -0.2) is 23.4 Å². The minimum atomic E-state index is -0.0536. The van der Waals surface area contributed by atoms with Gasteiger partial charge in [0.1, 0.15) is 13.6 Å². The van der Waals surface area contributed by atoms with Gasteiger partial charge >= 0.3 is 0 Å². The summed E-state index contributed by atoms with van der Waals surface area (Å²) in [7, 11) is 2.07. The van der Waals surface area contributed by atoms with Crippen LogP contribution in [0.25, 0.3) is 5.57 Å². The summed E-state index contributed by atoms with van der Waals surface area (Å²) >= 11 is 0. The van der Waals surface area contributed by atoms with Crippen LogP contribution >= 0.6 is 0 Å². The molecule has 0 radical (unpaired) electrons. The minimum absolute atomic E-state index is 0.0536. The summed E-state index contributed by atoms with van der Waals surface area (Å²) in [5, 5.41) is 0. The monoisotopic (exact) mass is 531 g/mol. The van der Waals surface area contributed by atoms with E-state index in [9.17, 15) is 0 Å². The summed E-state index contributed by atoms with van der Waals surface area (Å²) in [6.07, 6.45) is 15.9. The summed E-state index contributed by atoms with van der Waals surface area (Å²) in [5.74, 6) is 0. The molecule has 5 rings (SSSR count). The molecule has 40 heavy (non-hydrogen) atoms. The van der Waals surface area contributed by atoms with E-state index in [2.05, 4.69) is 160 Å². The summed E-state index contributed by atoms with van der Waals surface area (Å²) in [6, 6.07) is 22.2. The van der Waals surface area contributed by atoms with Gasteiger partial charge in [-0.3, -0.25) is 0 Å². The molecule has 206 valence electrons. The lowest BCUT2D eigenvalue weighted by molar-refractivity contribution is -0.671. The number of nitrogens with zero attached hydrogens (tertiary/aromatic N) is 3. The maximum Gasteiger partial charge on any atom is 0.209 e. The molecule has 1 aromatic heterocycles. The van der Waals surface area contributed by atoms with Crippen LogP contribution in [0.2, 0.25) is 0 Å². The number of aryl methyl sites for hydroxylation is 1. The lowest BCUT2D eigenvalue weighted by Crippen LogP contribution is -2.28. The van der Waals surface area contributed by atoms with Crippen molar-refractivity contribution in [2.75, 3.05) is 18.0 Å². The lowest BCUT2D eigenvalue weighted by atomic mass is 9.81. The molecule has 3 aromatic rings. The number of allylic oxidation sites excluding steroid dienone is 6. The SMILES string of the molecule is CCCN1/C(=C/C=C(/C=C/C2=[N+](CCC)c3ccccc3C2(C)C)c2cc[n+](C)cc2)C(C)(C)c2ccccc21. The van der Waals surface area contributed by atoms with Crippen molar-refractivity contribution in [2.24, 2.45) is 7.05 Å². The molecule has 0 N–H and O–H groups in total. The molecule has 0 aliphatic carbocycles. The zero-order valence-electron chi connectivity index (χ0n) is 25.4. The zero-order valence-corrected chi connectivity index (χ0v) is 25.4. The number of para-hydroxylation sites is 2. The lowest BCUT2D eigenvalue weighted by Gasteiger charge is -2.26. The summed E-state index contributed by atoms with van der Waals surface area (Å²) < 4.78 is 4.62. The molecule has 2 aliphatic rings. The van der Waals surface area contributed by atoms with Gasteiger partial charge in [-0.15, -0.1) is 0 Å². The minimum Gasteiger partial charge on any atom is -0.344 e. The van der Waals surface area contributed by atoms with Gasteiger partial charge in [0.2, 0.25) is 5.69 Å². The second-order valence-electron chi connectivity index (χ2n) is 12.2. The molecule has 3 heterocycles. The first-order valence-electron chi connectivity index (χ1n) is 14.9. The number of rotatable bonds is 8. The van der Waals surface area contributed by atoms with Crippen LogP contribution in [0.1, 0.15) is 71.1 Å². The standard InChI is InChI=1S/C37H45N3/c1-8-24-39-32-16-12-10-14-30(32)36(3,4)34(39)20-18-28(29-22-26-38(7)27-23-29)19-21-35-37(5,6)31-15-11-13-17-33(31)40(35)25-9-2/h10-23,26-27H,8-9,24-25H2,1-7H3/q+2. The predicted molar refractivity (Wildman–Crippen MR) is 169 cm³/mol. The predicted octanol–water partition coefficient (Wildman–Crippen LogP) is 8.03. The molecule has 2 aliphatic heterocycles. The third-order valence-electron chi connectivity index (χ3n) is 8.65. The highest BCUT2D eigenvalue weighted by molar-refractivity contribution is 6.04. The van der Waals surface area contributed by atoms with Crippen LogP contribution in [0.5, 0.6) is 0 Å². The first-order chi connectivity index (χ1) is 19.2. The molecule has 3 heteroatoms. The van der Waals surface area contributed by atoms with Crippen LogP contribution in [0.3, 0.4) is 0 Å². The van der Waals surface area contributed by atoms with Crippen LogP contribution in [0, 0.1) is 0 Å². The van der Waals surface area contributed by atoms with Crippen molar-refractivity contribution < 1.29 is 9.14 Å². The molecule has 3 nitrogen and oxygen atoms in total. The molecular weight excluding hydrogens is 486 g/mol. The van der Waals surface area contributed by atoms with Crippen molar-refractivity contribution >= 4 is 22.7 Å². The van der Waals surface area contributed by atoms with Crippen LogP contribution in [0.15, 0.2) is 103 Å². The first kappa shape index (κ1) is 27.8. The molecule has 0 spiro atoms. The van der Waals surface area contributed by atoms with Gasteiger partial charge < -0.3 is 4.90 Å². The van der Waals surface area contributed by atoms with Crippen LogP contribution < -0.4 is 9.47 Å². The van der Waals surface area contributed by atoms with Crippen molar-refractivity contribution in [3.8, 4) is 0 Å². The molecule has 0 unspecified atom stereocenters. The molecule has 0 saturated carbocycles. The Morgan fingerprint density at radius 1 is 0.825 bits per heavy atom. The number of hydrogen-bond donors (Lipinski definition) is 0. The van der Waals surface area contributed by atoms with Gasteiger partial charge in [-0.05, 0) is 55.2 Å². The van der Waals surface area contributed by atoms with Gasteiger partial charge in [-0.25, -0.2) is 4.57 Å². The van der Waals surface area contributed by atoms with E-state index < -0.39 is 0 Å². The van der Waals surface area contributed by atoms with Gasteiger partial charge in [0.15, 0.2) is 18.1 Å². The highest BCUT2D eigenvalue weighted by Gasteiger charge is 2.44. The zero-order chi connectivity index (χ0) is 28.5. The Balaban J connectivity index is 1.62. The average molecular weight is 532 g/mol. The van der Waals surface area contributed by atoms with Crippen molar-refractivity contribution in [3.05, 3.63) is 120 Å². The van der Waals surface area contributed by atoms with Crippen molar-refractivity contribution in [3.63, 3.8) is 0 Å². The Bertz CT molecular complexity index is 1510. The number of anilines is 1. The fraction of sp³-hybridized carbons (Fsp3) is 0.351. The van der Waals surface area contributed by atoms with Gasteiger partial charge in [0.25, 0.3) is 0 Å². The van der Waals surface area contributed by atoms with Gasteiger partial charge in [-0.1, -0.05) is 70.2 Å². The molecular formula is C37H45N3+2. The fourth-order valence-electron chi connectivity index (χ4n) is 6.49. The Hall–Kier alpha value is -3.72. The third-order valence-corrected chi connectivity index (χ3v) is 8.65. The summed E-state index contributed by atoms with van der Waals surface area (Å²) in [5.41, 5.74) is 10.5. The maximum absolute atomic E-state index is 2.52. The molecule has 2 aromatic carbocycles. The van der Waals surface area contributed by atoms with Gasteiger partial charge in [-0.2, -0.15) is 4.58 Å².